The lowest BCUT2D eigenvalue weighted by atomic mass is 9.84. The van der Waals surface area contributed by atoms with Crippen molar-refractivity contribution in [3.8, 4) is 0 Å². The number of aliphatic carboxylic acids is 1. The van der Waals surface area contributed by atoms with Gasteiger partial charge in [-0.3, -0.25) is 4.90 Å². The number of carboxylic acids is 1. The van der Waals surface area contributed by atoms with Gasteiger partial charge in [0.1, 0.15) is 6.04 Å². The zero-order valence-corrected chi connectivity index (χ0v) is 21.7. The summed E-state index contributed by atoms with van der Waals surface area (Å²) < 4.78 is 84.4. The summed E-state index contributed by atoms with van der Waals surface area (Å²) in [6, 6.07) is 2.85. The summed E-state index contributed by atoms with van der Waals surface area (Å²) in [5.41, 5.74) is -0.585. The average molecular weight is 566 g/mol. The predicted molar refractivity (Wildman–Crippen MR) is 129 cm³/mol. The minimum atomic E-state index is -4.66. The first-order valence-electron chi connectivity index (χ1n) is 13.2. The molecule has 0 aromatic heterocycles. The molecule has 3 heterocycles. The lowest BCUT2D eigenvalue weighted by molar-refractivity contribution is -0.200. The van der Waals surface area contributed by atoms with E-state index in [1.807, 2.05) is 0 Å². The summed E-state index contributed by atoms with van der Waals surface area (Å²) in [6.45, 7) is 2.32. The minimum Gasteiger partial charge on any atom is -0.480 e. The Labute approximate surface area is 222 Å². The van der Waals surface area contributed by atoms with E-state index in [1.54, 1.807) is 6.07 Å². The van der Waals surface area contributed by atoms with Gasteiger partial charge in [0, 0.05) is 37.4 Å². The number of carbonyl (C=O) groups is 2. The van der Waals surface area contributed by atoms with Gasteiger partial charge >= 0.3 is 24.4 Å². The molecule has 1 amide bonds. The van der Waals surface area contributed by atoms with Gasteiger partial charge in [0.05, 0.1) is 5.56 Å². The summed E-state index contributed by atoms with van der Waals surface area (Å²) >= 11 is 0. The van der Waals surface area contributed by atoms with E-state index in [2.05, 4.69) is 9.64 Å². The molecule has 0 bridgehead atoms. The minimum absolute atomic E-state index is 0.182. The van der Waals surface area contributed by atoms with Crippen LogP contribution in [0.5, 0.6) is 0 Å². The Morgan fingerprint density at radius 3 is 2.31 bits per heavy atom. The molecule has 7 nitrogen and oxygen atoms in total. The van der Waals surface area contributed by atoms with E-state index < -0.39 is 47.7 Å². The van der Waals surface area contributed by atoms with Crippen LogP contribution in [0.4, 0.5) is 36.8 Å². The van der Waals surface area contributed by atoms with Crippen LogP contribution in [0.1, 0.15) is 63.0 Å². The van der Waals surface area contributed by atoms with Gasteiger partial charge in [-0.2, -0.15) is 26.3 Å². The molecule has 0 saturated carbocycles. The molecule has 1 aromatic carbocycles. The van der Waals surface area contributed by atoms with Crippen molar-refractivity contribution < 1.29 is 45.8 Å². The van der Waals surface area contributed by atoms with Gasteiger partial charge < -0.3 is 19.6 Å². The van der Waals surface area contributed by atoms with Crippen LogP contribution in [0.2, 0.25) is 0 Å². The van der Waals surface area contributed by atoms with E-state index in [0.29, 0.717) is 50.8 Å². The van der Waals surface area contributed by atoms with Gasteiger partial charge in [-0.05, 0) is 82.2 Å². The number of piperidine rings is 2. The highest BCUT2D eigenvalue weighted by atomic mass is 19.4. The smallest absolute Gasteiger partial charge is 0.425 e. The van der Waals surface area contributed by atoms with E-state index >= 15 is 0 Å². The molecule has 1 aromatic rings. The lowest BCUT2D eigenvalue weighted by Crippen LogP contribution is -2.53. The Kier molecular flexibility index (Phi) is 8.30. The van der Waals surface area contributed by atoms with E-state index in [1.165, 1.54) is 9.80 Å². The molecule has 3 saturated heterocycles. The van der Waals surface area contributed by atoms with Crippen molar-refractivity contribution >= 4 is 17.7 Å². The summed E-state index contributed by atoms with van der Waals surface area (Å²) in [5.74, 6) is -1.07. The number of likely N-dealkylation sites (tertiary alicyclic amines) is 2. The Morgan fingerprint density at radius 1 is 1.00 bits per heavy atom. The Hall–Kier alpha value is -2.70. The van der Waals surface area contributed by atoms with Crippen LogP contribution in [0.15, 0.2) is 18.2 Å². The molecule has 0 radical (unpaired) electrons. The molecular weight excluding hydrogens is 532 g/mol. The summed E-state index contributed by atoms with van der Waals surface area (Å²) in [4.78, 5) is 28.9. The highest BCUT2D eigenvalue weighted by Gasteiger charge is 2.46. The van der Waals surface area contributed by atoms with Crippen molar-refractivity contribution in [2.24, 2.45) is 0 Å². The maximum Gasteiger partial charge on any atom is 0.425 e. The second kappa shape index (κ2) is 11.1. The van der Waals surface area contributed by atoms with Gasteiger partial charge in [-0.25, -0.2) is 9.59 Å². The fourth-order valence-electron chi connectivity index (χ4n) is 6.02. The third-order valence-electron chi connectivity index (χ3n) is 8.23. The molecule has 39 heavy (non-hydrogen) atoms. The van der Waals surface area contributed by atoms with Crippen molar-refractivity contribution in [2.75, 3.05) is 31.1 Å². The number of carbonyl (C=O) groups excluding carboxylic acids is 1. The van der Waals surface area contributed by atoms with Crippen molar-refractivity contribution in [2.45, 2.75) is 88.5 Å². The van der Waals surface area contributed by atoms with E-state index in [-0.39, 0.29) is 25.3 Å². The van der Waals surface area contributed by atoms with Gasteiger partial charge in [0.15, 0.2) is 6.10 Å². The second-order valence-electron chi connectivity index (χ2n) is 10.7. The average Bonchev–Trinajstić information content (AvgIpc) is 3.24. The molecule has 3 fully saturated rings. The van der Waals surface area contributed by atoms with E-state index in [0.717, 1.165) is 31.9 Å². The number of nitrogens with zero attached hydrogens (tertiary/aromatic N) is 3. The van der Waals surface area contributed by atoms with E-state index in [4.69, 9.17) is 0 Å². The zero-order chi connectivity index (χ0) is 28.6. The summed E-state index contributed by atoms with van der Waals surface area (Å²) in [6.07, 6.45) is -8.31. The highest BCUT2D eigenvalue weighted by Crippen LogP contribution is 2.41. The number of amides is 1. The van der Waals surface area contributed by atoms with Crippen LogP contribution >= 0.6 is 0 Å². The van der Waals surface area contributed by atoms with Crippen LogP contribution < -0.4 is 4.90 Å². The molecule has 218 valence electrons. The number of carboxylic acid groups (broad SMARTS) is 1. The first-order chi connectivity index (χ1) is 18.2. The second-order valence-corrected chi connectivity index (χ2v) is 10.7. The van der Waals surface area contributed by atoms with Crippen molar-refractivity contribution in [1.29, 1.82) is 0 Å². The van der Waals surface area contributed by atoms with E-state index in [9.17, 15) is 41.0 Å². The third kappa shape index (κ3) is 6.55. The largest absolute Gasteiger partial charge is 0.480 e. The topological polar surface area (TPSA) is 73.3 Å². The molecule has 13 heteroatoms. The summed E-state index contributed by atoms with van der Waals surface area (Å²) in [5, 5.41) is 9.65. The number of halogens is 6. The molecule has 3 aliphatic rings. The standard InChI is InChI=1S/C26H33F6N3O4/c1-17(25(27,28)29)39-23(38)33-11-7-24(8-12-33)6-4-9-34(24)16-18-13-19(26(30,31)32)15-20(14-18)35-10-3-2-5-21(35)22(36)37/h13-15,17,21H,2-12,16H2,1H3,(H,36,37). The monoisotopic (exact) mass is 565 g/mol. The number of ether oxygens (including phenoxy) is 1. The molecule has 1 spiro atoms. The van der Waals surface area contributed by atoms with Gasteiger partial charge in [0.25, 0.3) is 0 Å². The quantitative estimate of drug-likeness (QED) is 0.464. The highest BCUT2D eigenvalue weighted by molar-refractivity contribution is 5.78. The Bertz CT molecular complexity index is 1060. The van der Waals surface area contributed by atoms with Crippen molar-refractivity contribution in [3.05, 3.63) is 29.3 Å². The maximum absolute atomic E-state index is 13.8. The number of hydrogen-bond donors (Lipinski definition) is 1. The predicted octanol–water partition coefficient (Wildman–Crippen LogP) is 5.67. The summed E-state index contributed by atoms with van der Waals surface area (Å²) in [7, 11) is 0. The van der Waals surface area contributed by atoms with Crippen molar-refractivity contribution in [1.82, 2.24) is 9.80 Å². The van der Waals surface area contributed by atoms with Crippen LogP contribution in [0.25, 0.3) is 0 Å². The zero-order valence-electron chi connectivity index (χ0n) is 21.7. The maximum atomic E-state index is 13.8. The number of benzene rings is 1. The number of alkyl halides is 6. The molecule has 2 unspecified atom stereocenters. The van der Waals surface area contributed by atoms with Crippen LogP contribution in [0, 0.1) is 0 Å². The first kappa shape index (κ1) is 29.3. The fourth-order valence-corrected chi connectivity index (χ4v) is 6.02. The number of rotatable bonds is 5. The lowest BCUT2D eigenvalue weighted by Gasteiger charge is -2.45. The molecule has 0 aliphatic carbocycles. The molecule has 4 rings (SSSR count). The molecule has 3 aliphatic heterocycles. The normalized spacial score (nSPS) is 23.2. The number of hydrogen-bond acceptors (Lipinski definition) is 5. The molecule has 1 N–H and O–H groups in total. The van der Waals surface area contributed by atoms with Gasteiger partial charge in [-0.15, -0.1) is 0 Å². The SMILES string of the molecule is CC(OC(=O)N1CCC2(CCCN2Cc2cc(N3CCCCC3C(=O)O)cc(C(F)(F)F)c2)CC1)C(F)(F)F. The Balaban J connectivity index is 1.51. The van der Waals surface area contributed by atoms with Crippen LogP contribution in [-0.2, 0) is 22.3 Å². The fraction of sp³-hybridized carbons (Fsp3) is 0.692. The van der Waals surface area contributed by atoms with Crippen LogP contribution in [0.3, 0.4) is 0 Å². The van der Waals surface area contributed by atoms with Crippen molar-refractivity contribution in [3.63, 3.8) is 0 Å². The van der Waals surface area contributed by atoms with Crippen LogP contribution in [-0.4, -0.2) is 77.0 Å². The molecular formula is C26H33F6N3O4. The Morgan fingerprint density at radius 2 is 1.69 bits per heavy atom. The molecule has 2 atom stereocenters. The number of anilines is 1. The third-order valence-corrected chi connectivity index (χ3v) is 8.23. The van der Waals surface area contributed by atoms with Gasteiger partial charge in [0.2, 0.25) is 0 Å². The first-order valence-corrected chi connectivity index (χ1v) is 13.2. The van der Waals surface area contributed by atoms with Gasteiger partial charge in [-0.1, -0.05) is 0 Å².